The SMILES string of the molecule is Cc1noc(C)c1S(=O)(=O)N1CCCC(C(=O)N2CCC(Nc3ccccc3)C2)C1. The fourth-order valence-corrected chi connectivity index (χ4v) is 6.26. The zero-order chi connectivity index (χ0) is 21.3. The number of nitrogens with one attached hydrogen (secondary N) is 1. The van der Waals surface area contributed by atoms with Crippen molar-refractivity contribution in [2.75, 3.05) is 31.5 Å². The Kier molecular flexibility index (Phi) is 5.84. The standard InChI is InChI=1S/C21H28N4O4S/c1-15-20(16(2)29-23-15)30(27,28)25-11-6-7-17(13-25)21(26)24-12-10-19(14-24)22-18-8-4-3-5-9-18/h3-5,8-9,17,19,22H,6-7,10-14H2,1-2H3. The van der Waals surface area contributed by atoms with Crippen molar-refractivity contribution in [2.24, 2.45) is 5.92 Å². The summed E-state index contributed by atoms with van der Waals surface area (Å²) in [6, 6.07) is 10.2. The van der Waals surface area contributed by atoms with Crippen molar-refractivity contribution in [1.82, 2.24) is 14.4 Å². The fraction of sp³-hybridized carbons (Fsp3) is 0.524. The molecule has 9 heteroatoms. The van der Waals surface area contributed by atoms with E-state index in [1.54, 1.807) is 13.8 Å². The molecule has 2 unspecified atom stereocenters. The molecule has 2 aliphatic rings. The molecule has 1 aromatic carbocycles. The van der Waals surface area contributed by atoms with Crippen LogP contribution in [-0.4, -0.2) is 60.9 Å². The molecule has 0 radical (unpaired) electrons. The van der Waals surface area contributed by atoms with Crippen LogP contribution in [0.25, 0.3) is 0 Å². The lowest BCUT2D eigenvalue weighted by molar-refractivity contribution is -0.135. The lowest BCUT2D eigenvalue weighted by atomic mass is 9.98. The Hall–Kier alpha value is -2.39. The van der Waals surface area contributed by atoms with Crippen molar-refractivity contribution in [3.63, 3.8) is 0 Å². The van der Waals surface area contributed by atoms with E-state index in [2.05, 4.69) is 10.5 Å². The van der Waals surface area contributed by atoms with E-state index < -0.39 is 10.0 Å². The first-order chi connectivity index (χ1) is 14.4. The number of hydrogen-bond donors (Lipinski definition) is 1. The van der Waals surface area contributed by atoms with E-state index in [4.69, 9.17) is 4.52 Å². The molecule has 0 bridgehead atoms. The molecule has 1 aromatic heterocycles. The third-order valence-corrected chi connectivity index (χ3v) is 8.05. The first kappa shape index (κ1) is 20.9. The van der Waals surface area contributed by atoms with Gasteiger partial charge in [-0.3, -0.25) is 4.79 Å². The second-order valence-corrected chi connectivity index (χ2v) is 10.0. The highest BCUT2D eigenvalue weighted by atomic mass is 32.2. The summed E-state index contributed by atoms with van der Waals surface area (Å²) < 4.78 is 32.7. The van der Waals surface area contributed by atoms with Crippen LogP contribution in [0.15, 0.2) is 39.8 Å². The summed E-state index contributed by atoms with van der Waals surface area (Å²) in [5.41, 5.74) is 1.40. The van der Waals surface area contributed by atoms with E-state index in [1.165, 1.54) is 4.31 Å². The molecule has 2 fully saturated rings. The number of aromatic nitrogens is 1. The van der Waals surface area contributed by atoms with Crippen LogP contribution in [0.5, 0.6) is 0 Å². The maximum Gasteiger partial charge on any atom is 0.248 e. The van der Waals surface area contributed by atoms with E-state index in [0.29, 0.717) is 38.2 Å². The lowest BCUT2D eigenvalue weighted by Gasteiger charge is -2.33. The molecule has 0 saturated carbocycles. The minimum absolute atomic E-state index is 0.0472. The highest BCUT2D eigenvalue weighted by molar-refractivity contribution is 7.89. The molecule has 1 N–H and O–H groups in total. The van der Waals surface area contributed by atoms with Gasteiger partial charge in [0.2, 0.25) is 15.9 Å². The fourth-order valence-electron chi connectivity index (χ4n) is 4.44. The number of hydrogen-bond acceptors (Lipinski definition) is 6. The van der Waals surface area contributed by atoms with E-state index >= 15 is 0 Å². The van der Waals surface area contributed by atoms with Crippen molar-refractivity contribution >= 4 is 21.6 Å². The molecule has 2 aliphatic heterocycles. The quantitative estimate of drug-likeness (QED) is 0.780. The normalized spacial score (nSPS) is 22.9. The topological polar surface area (TPSA) is 95.8 Å². The van der Waals surface area contributed by atoms with Gasteiger partial charge in [0, 0.05) is 37.9 Å². The molecule has 162 valence electrons. The molecule has 30 heavy (non-hydrogen) atoms. The van der Waals surface area contributed by atoms with Crippen molar-refractivity contribution in [1.29, 1.82) is 0 Å². The Morgan fingerprint density at radius 1 is 1.13 bits per heavy atom. The van der Waals surface area contributed by atoms with E-state index in [9.17, 15) is 13.2 Å². The van der Waals surface area contributed by atoms with Gasteiger partial charge in [-0.2, -0.15) is 4.31 Å². The molecule has 2 atom stereocenters. The van der Waals surface area contributed by atoms with Gasteiger partial charge >= 0.3 is 0 Å². The van der Waals surface area contributed by atoms with Crippen LogP contribution < -0.4 is 5.32 Å². The first-order valence-corrected chi connectivity index (χ1v) is 11.8. The number of likely N-dealkylation sites (tertiary alicyclic amines) is 1. The summed E-state index contributed by atoms with van der Waals surface area (Å²) >= 11 is 0. The van der Waals surface area contributed by atoms with Gasteiger partial charge in [0.25, 0.3) is 0 Å². The zero-order valence-electron chi connectivity index (χ0n) is 17.4. The molecular formula is C21H28N4O4S. The van der Waals surface area contributed by atoms with Crippen LogP contribution in [0, 0.1) is 19.8 Å². The number of amides is 1. The molecule has 4 rings (SSSR count). The predicted molar refractivity (Wildman–Crippen MR) is 113 cm³/mol. The Morgan fingerprint density at radius 2 is 1.90 bits per heavy atom. The van der Waals surface area contributed by atoms with E-state index in [0.717, 1.165) is 12.1 Å². The average Bonchev–Trinajstić information content (AvgIpc) is 3.34. The second kappa shape index (κ2) is 8.39. The predicted octanol–water partition coefficient (Wildman–Crippen LogP) is 2.41. The number of aryl methyl sites for hydroxylation is 2. The van der Waals surface area contributed by atoms with Crippen molar-refractivity contribution < 1.29 is 17.7 Å². The summed E-state index contributed by atoms with van der Waals surface area (Å²) in [5, 5.41) is 7.25. The van der Waals surface area contributed by atoms with Crippen LogP contribution in [0.2, 0.25) is 0 Å². The molecule has 2 saturated heterocycles. The lowest BCUT2D eigenvalue weighted by Crippen LogP contribution is -2.46. The number of benzene rings is 1. The van der Waals surface area contributed by atoms with Gasteiger partial charge in [0.05, 0.1) is 5.92 Å². The summed E-state index contributed by atoms with van der Waals surface area (Å²) in [7, 11) is -3.73. The number of carbonyl (C=O) groups is 1. The number of rotatable bonds is 5. The van der Waals surface area contributed by atoms with Crippen molar-refractivity contribution in [2.45, 2.75) is 44.0 Å². The minimum atomic E-state index is -3.73. The Labute approximate surface area is 177 Å². The van der Waals surface area contributed by atoms with Gasteiger partial charge in [0.15, 0.2) is 5.76 Å². The number of piperidine rings is 1. The second-order valence-electron chi connectivity index (χ2n) is 8.14. The van der Waals surface area contributed by atoms with Crippen LogP contribution in [0.3, 0.4) is 0 Å². The summed E-state index contributed by atoms with van der Waals surface area (Å²) in [6.45, 7) is 5.17. The monoisotopic (exact) mass is 432 g/mol. The van der Waals surface area contributed by atoms with Crippen LogP contribution in [-0.2, 0) is 14.8 Å². The Bertz CT molecular complexity index is 986. The van der Waals surface area contributed by atoms with Crippen LogP contribution >= 0.6 is 0 Å². The summed E-state index contributed by atoms with van der Waals surface area (Å²) in [5.74, 6) is 0.0193. The number of para-hydroxylation sites is 1. The zero-order valence-corrected chi connectivity index (χ0v) is 18.2. The minimum Gasteiger partial charge on any atom is -0.380 e. The third-order valence-electron chi connectivity index (χ3n) is 5.94. The molecule has 0 aliphatic carbocycles. The third kappa shape index (κ3) is 4.09. The van der Waals surface area contributed by atoms with Crippen LogP contribution in [0.1, 0.15) is 30.7 Å². The van der Waals surface area contributed by atoms with Crippen molar-refractivity contribution in [3.05, 3.63) is 41.8 Å². The Balaban J connectivity index is 1.40. The highest BCUT2D eigenvalue weighted by Gasteiger charge is 2.38. The van der Waals surface area contributed by atoms with E-state index in [1.807, 2.05) is 35.2 Å². The maximum absolute atomic E-state index is 13.1. The summed E-state index contributed by atoms with van der Waals surface area (Å²) in [4.78, 5) is 15.1. The first-order valence-electron chi connectivity index (χ1n) is 10.4. The smallest absolute Gasteiger partial charge is 0.248 e. The van der Waals surface area contributed by atoms with Gasteiger partial charge in [0.1, 0.15) is 10.6 Å². The largest absolute Gasteiger partial charge is 0.380 e. The van der Waals surface area contributed by atoms with Gasteiger partial charge in [-0.05, 0) is 45.2 Å². The number of anilines is 1. The van der Waals surface area contributed by atoms with Crippen molar-refractivity contribution in [3.8, 4) is 0 Å². The maximum atomic E-state index is 13.1. The molecule has 2 aromatic rings. The molecule has 0 spiro atoms. The molecule has 8 nitrogen and oxygen atoms in total. The summed E-state index contributed by atoms with van der Waals surface area (Å²) in [6.07, 6.45) is 2.26. The molecule has 3 heterocycles. The number of sulfonamides is 1. The molecule has 1 amide bonds. The van der Waals surface area contributed by atoms with Gasteiger partial charge in [-0.25, -0.2) is 8.42 Å². The highest BCUT2D eigenvalue weighted by Crippen LogP contribution is 2.29. The van der Waals surface area contributed by atoms with E-state index in [-0.39, 0.29) is 35.1 Å². The van der Waals surface area contributed by atoms with Gasteiger partial charge in [-0.1, -0.05) is 23.4 Å². The number of carbonyl (C=O) groups excluding carboxylic acids is 1. The van der Waals surface area contributed by atoms with Crippen LogP contribution in [0.4, 0.5) is 5.69 Å². The van der Waals surface area contributed by atoms with Gasteiger partial charge in [-0.15, -0.1) is 0 Å². The molecular weight excluding hydrogens is 404 g/mol. The number of nitrogens with zero attached hydrogens (tertiary/aromatic N) is 3. The van der Waals surface area contributed by atoms with Gasteiger partial charge < -0.3 is 14.7 Å². The average molecular weight is 433 g/mol. The Morgan fingerprint density at radius 3 is 2.60 bits per heavy atom.